The van der Waals surface area contributed by atoms with Gasteiger partial charge in [-0.3, -0.25) is 4.52 Å². The quantitative estimate of drug-likeness (QED) is 0.189. The molecule has 0 bridgehead atoms. The summed E-state index contributed by atoms with van der Waals surface area (Å²) in [5, 5.41) is 0. The molecule has 0 fully saturated rings. The second kappa shape index (κ2) is 14.7. The van der Waals surface area contributed by atoms with Crippen LogP contribution in [-0.2, 0) is 9.09 Å². The number of hydrogen-bond acceptors (Lipinski definition) is 3. The van der Waals surface area contributed by atoms with Gasteiger partial charge in [-0.25, -0.2) is 4.57 Å². The van der Waals surface area contributed by atoms with Crippen LogP contribution >= 0.6 is 23.5 Å². The first kappa shape index (κ1) is 23.7. The molecule has 0 amide bonds. The van der Waals surface area contributed by atoms with E-state index in [9.17, 15) is 4.57 Å². The molecule has 0 aliphatic rings. The highest BCUT2D eigenvalue weighted by Crippen LogP contribution is 2.49. The van der Waals surface area contributed by atoms with Crippen LogP contribution in [0.25, 0.3) is 0 Å². The van der Waals surface area contributed by atoms with Gasteiger partial charge in [0.25, 0.3) is 0 Å². The monoisotopic (exact) mass is 446 g/mol. The molecule has 0 saturated carbocycles. The average Bonchev–Trinajstić information content (AvgIpc) is 2.64. The predicted octanol–water partition coefficient (Wildman–Crippen LogP) is 8.37. The van der Waals surface area contributed by atoms with E-state index in [1.165, 1.54) is 44.9 Å². The summed E-state index contributed by atoms with van der Waals surface area (Å²) < 4.78 is 25.5. The molecule has 0 aromatic heterocycles. The van der Waals surface area contributed by atoms with Crippen molar-refractivity contribution in [2.45, 2.75) is 84.5 Å². The van der Waals surface area contributed by atoms with E-state index in [0.717, 1.165) is 30.2 Å². The van der Waals surface area contributed by atoms with Gasteiger partial charge in [0.1, 0.15) is 5.75 Å². The molecular weight excluding hydrogens is 411 g/mol. The maximum Gasteiger partial charge on any atom is 0.379 e. The summed E-state index contributed by atoms with van der Waals surface area (Å²) in [4.78, 5) is 0. The topological polar surface area (TPSA) is 35.5 Å². The van der Waals surface area contributed by atoms with E-state index in [-0.39, 0.29) is 0 Å². The van der Waals surface area contributed by atoms with E-state index in [2.05, 4.69) is 29.8 Å². The highest BCUT2D eigenvalue weighted by molar-refractivity contribution is 9.10. The molecule has 3 nitrogen and oxygen atoms in total. The molecule has 26 heavy (non-hydrogen) atoms. The third kappa shape index (κ3) is 11.4. The number of benzene rings is 1. The van der Waals surface area contributed by atoms with Crippen LogP contribution in [-0.4, -0.2) is 12.8 Å². The summed E-state index contributed by atoms with van der Waals surface area (Å²) in [6, 6.07) is 7.43. The fraction of sp³-hybridized carbons (Fsp3) is 0.714. The average molecular weight is 447 g/mol. The second-order valence-electron chi connectivity index (χ2n) is 6.89. The summed E-state index contributed by atoms with van der Waals surface area (Å²) >= 11 is 3.40. The summed E-state index contributed by atoms with van der Waals surface area (Å²) in [7, 11) is -3.06. The van der Waals surface area contributed by atoms with Crippen molar-refractivity contribution in [2.75, 3.05) is 12.8 Å². The minimum Gasteiger partial charge on any atom is -0.424 e. The van der Waals surface area contributed by atoms with E-state index in [1.807, 2.05) is 24.3 Å². The highest BCUT2D eigenvalue weighted by atomic mass is 79.9. The number of unbranched alkanes of at least 4 members (excludes halogenated alkanes) is 9. The van der Waals surface area contributed by atoms with E-state index >= 15 is 0 Å². The molecule has 1 atom stereocenters. The Hall–Kier alpha value is -0.310. The van der Waals surface area contributed by atoms with Gasteiger partial charge in [-0.2, -0.15) is 0 Å². The minimum atomic E-state index is -3.06. The van der Waals surface area contributed by atoms with Gasteiger partial charge in [0.15, 0.2) is 0 Å². The third-order valence-corrected chi connectivity index (χ3v) is 6.84. The van der Waals surface area contributed by atoms with Crippen molar-refractivity contribution < 1.29 is 13.6 Å². The van der Waals surface area contributed by atoms with Crippen LogP contribution in [0.3, 0.4) is 0 Å². The molecule has 0 N–H and O–H groups in total. The van der Waals surface area contributed by atoms with Gasteiger partial charge in [-0.15, -0.1) is 0 Å². The van der Waals surface area contributed by atoms with Crippen LogP contribution in [0, 0.1) is 0 Å². The second-order valence-corrected chi connectivity index (χ2v) is 9.92. The Labute approximate surface area is 168 Å². The minimum absolute atomic E-state index is 0.483. The Kier molecular flexibility index (Phi) is 13.4. The Bertz CT molecular complexity index is 504. The van der Waals surface area contributed by atoms with Gasteiger partial charge in [0.2, 0.25) is 0 Å². The first-order valence-electron chi connectivity index (χ1n) is 10.3. The number of halogens is 1. The van der Waals surface area contributed by atoms with Crippen molar-refractivity contribution in [3.8, 4) is 5.75 Å². The predicted molar refractivity (Wildman–Crippen MR) is 115 cm³/mol. The lowest BCUT2D eigenvalue weighted by Gasteiger charge is -2.19. The van der Waals surface area contributed by atoms with Crippen molar-refractivity contribution in [1.82, 2.24) is 0 Å². The van der Waals surface area contributed by atoms with Gasteiger partial charge < -0.3 is 4.52 Å². The fourth-order valence-electron chi connectivity index (χ4n) is 2.76. The van der Waals surface area contributed by atoms with E-state index in [1.54, 1.807) is 0 Å². The zero-order valence-corrected chi connectivity index (χ0v) is 19.0. The summed E-state index contributed by atoms with van der Waals surface area (Å²) in [6.07, 6.45) is 13.7. The summed E-state index contributed by atoms with van der Waals surface area (Å²) in [5.74, 6) is 0.611. The standard InChI is InChI=1S/C21H36BrO3P/c1-3-5-7-8-9-10-11-12-13-18-24-26(23,19-6-4-2)25-21-16-14-20(22)15-17-21/h14-17H,3-13,18-19H2,1-2H3. The zero-order chi connectivity index (χ0) is 19.1. The van der Waals surface area contributed by atoms with Gasteiger partial charge in [0.05, 0.1) is 12.8 Å². The van der Waals surface area contributed by atoms with Crippen molar-refractivity contribution >= 4 is 23.5 Å². The van der Waals surface area contributed by atoms with E-state index in [0.29, 0.717) is 18.5 Å². The Balaban J connectivity index is 2.26. The summed E-state index contributed by atoms with van der Waals surface area (Å²) in [5.41, 5.74) is 0. The smallest absolute Gasteiger partial charge is 0.379 e. The van der Waals surface area contributed by atoms with Crippen LogP contribution < -0.4 is 4.52 Å². The van der Waals surface area contributed by atoms with E-state index < -0.39 is 7.60 Å². The molecule has 1 rings (SSSR count). The van der Waals surface area contributed by atoms with Crippen molar-refractivity contribution in [3.63, 3.8) is 0 Å². The van der Waals surface area contributed by atoms with E-state index in [4.69, 9.17) is 9.05 Å². The lowest BCUT2D eigenvalue weighted by Crippen LogP contribution is -2.04. The highest BCUT2D eigenvalue weighted by Gasteiger charge is 2.25. The van der Waals surface area contributed by atoms with Crippen LogP contribution in [0.2, 0.25) is 0 Å². The van der Waals surface area contributed by atoms with Gasteiger partial charge in [-0.1, -0.05) is 87.6 Å². The summed E-state index contributed by atoms with van der Waals surface area (Å²) in [6.45, 7) is 4.86. The normalized spacial score (nSPS) is 13.5. The first-order chi connectivity index (χ1) is 12.6. The molecule has 1 aromatic rings. The van der Waals surface area contributed by atoms with Crippen molar-refractivity contribution in [3.05, 3.63) is 28.7 Å². The molecule has 150 valence electrons. The molecule has 0 heterocycles. The third-order valence-electron chi connectivity index (χ3n) is 4.38. The van der Waals surface area contributed by atoms with Crippen LogP contribution in [0.4, 0.5) is 0 Å². The first-order valence-corrected chi connectivity index (χ1v) is 12.8. The van der Waals surface area contributed by atoms with Crippen LogP contribution in [0.15, 0.2) is 28.7 Å². The van der Waals surface area contributed by atoms with Crippen molar-refractivity contribution in [2.24, 2.45) is 0 Å². The molecule has 0 radical (unpaired) electrons. The van der Waals surface area contributed by atoms with Gasteiger partial charge in [0, 0.05) is 4.47 Å². The zero-order valence-electron chi connectivity index (χ0n) is 16.6. The SMILES string of the molecule is CCCCCCCCCCCOP(=O)(CCCC)Oc1ccc(Br)cc1. The van der Waals surface area contributed by atoms with Crippen LogP contribution in [0.1, 0.15) is 84.5 Å². The Morgan fingerprint density at radius 1 is 0.808 bits per heavy atom. The molecule has 1 unspecified atom stereocenters. The molecule has 0 spiro atoms. The molecule has 5 heteroatoms. The largest absolute Gasteiger partial charge is 0.424 e. The molecule has 0 aliphatic heterocycles. The molecule has 0 aliphatic carbocycles. The lowest BCUT2D eigenvalue weighted by atomic mass is 10.1. The maximum atomic E-state index is 13.0. The molecule has 0 saturated heterocycles. The molecule has 1 aromatic carbocycles. The van der Waals surface area contributed by atoms with Crippen LogP contribution in [0.5, 0.6) is 5.75 Å². The Morgan fingerprint density at radius 2 is 1.35 bits per heavy atom. The van der Waals surface area contributed by atoms with Crippen molar-refractivity contribution in [1.29, 1.82) is 0 Å². The lowest BCUT2D eigenvalue weighted by molar-refractivity contribution is 0.257. The maximum absolute atomic E-state index is 13.0. The fourth-order valence-corrected chi connectivity index (χ4v) is 4.85. The van der Waals surface area contributed by atoms with Gasteiger partial charge >= 0.3 is 7.60 Å². The molecular formula is C21H36BrO3P. The number of rotatable bonds is 16. The number of hydrogen-bond donors (Lipinski definition) is 0. The Morgan fingerprint density at radius 3 is 1.92 bits per heavy atom. The van der Waals surface area contributed by atoms with Gasteiger partial charge in [-0.05, 0) is 37.1 Å².